The van der Waals surface area contributed by atoms with E-state index in [4.69, 9.17) is 0 Å². The van der Waals surface area contributed by atoms with Crippen LogP contribution in [0.15, 0.2) is 72.8 Å². The van der Waals surface area contributed by atoms with Gasteiger partial charge in [-0.2, -0.15) is 0 Å². The average Bonchev–Trinajstić information content (AvgIpc) is 3.37. The molecule has 0 spiro atoms. The zero-order valence-corrected chi connectivity index (χ0v) is 44.6. The van der Waals surface area contributed by atoms with Gasteiger partial charge in [-0.05, 0) is 59.4 Å². The van der Waals surface area contributed by atoms with Gasteiger partial charge in [-0.15, -0.1) is 0 Å². The molecule has 4 aromatic carbocycles. The minimum absolute atomic E-state index is 0.0358. The molecule has 4 rings (SSSR count). The second-order valence-corrected chi connectivity index (χ2v) is 20.9. The van der Waals surface area contributed by atoms with Gasteiger partial charge in [-0.3, -0.25) is 9.59 Å². The molecule has 6 nitrogen and oxygen atoms in total. The Bertz CT molecular complexity index is 1930. The fourth-order valence-corrected chi connectivity index (χ4v) is 10.4. The van der Waals surface area contributed by atoms with Crippen molar-refractivity contribution in [3.05, 3.63) is 95.1 Å². The molecule has 0 saturated carbocycles. The van der Waals surface area contributed by atoms with Crippen molar-refractivity contribution in [3.63, 3.8) is 0 Å². The molecule has 0 unspecified atom stereocenters. The van der Waals surface area contributed by atoms with Crippen LogP contribution in [0.2, 0.25) is 0 Å². The van der Waals surface area contributed by atoms with E-state index in [1.807, 2.05) is 48.5 Å². The number of benzene rings is 4. The third kappa shape index (κ3) is 22.4. The topological polar surface area (TPSA) is 98.7 Å². The van der Waals surface area contributed by atoms with Crippen LogP contribution in [0.3, 0.4) is 0 Å². The predicted octanol–water partition coefficient (Wildman–Crippen LogP) is 18.5. The van der Waals surface area contributed by atoms with E-state index in [0.29, 0.717) is 37.1 Å². The largest absolute Gasteiger partial charge is 0.507 e. The molecule has 0 heterocycles. The number of amides is 2. The number of phenolic OH excluding ortho intramolecular Hbond substituents is 2. The van der Waals surface area contributed by atoms with Gasteiger partial charge < -0.3 is 20.8 Å². The standard InChI is InChI=1S/C64H98N2O4/c1-4-6-8-10-12-14-16-18-20-22-24-26-28-30-32-34-40-46-65-63(69)59-50-53-42-36-38-44-55(53)57(61(59)67)48-52(3)49-58-56-45-39-37-43-54(56)51-60(62(58)68)64(70)66-47-41-35-33-31-29-27-25-23-21-19-17-15-13-11-9-7-5-2/h36-39,42-45,50-51,67-68H,3-35,40-41,46-49H2,1-2H3,(H,65,69)(H,66,70). The fourth-order valence-electron chi connectivity index (χ4n) is 10.4. The van der Waals surface area contributed by atoms with Crippen LogP contribution in [0.4, 0.5) is 0 Å². The van der Waals surface area contributed by atoms with Crippen molar-refractivity contribution in [2.24, 2.45) is 0 Å². The molecule has 0 aliphatic rings. The molecule has 0 saturated heterocycles. The average molecular weight is 959 g/mol. The Morgan fingerprint density at radius 1 is 0.400 bits per heavy atom. The highest BCUT2D eigenvalue weighted by Crippen LogP contribution is 2.37. The van der Waals surface area contributed by atoms with E-state index in [-0.39, 0.29) is 34.4 Å². The number of aromatic hydroxyl groups is 2. The van der Waals surface area contributed by atoms with Crippen LogP contribution in [0.1, 0.15) is 264 Å². The third-order valence-electron chi connectivity index (χ3n) is 14.7. The number of fused-ring (bicyclic) bond motifs is 2. The number of phenols is 2. The monoisotopic (exact) mass is 959 g/mol. The van der Waals surface area contributed by atoms with Crippen molar-refractivity contribution in [1.82, 2.24) is 10.6 Å². The minimum atomic E-state index is -0.274. The summed E-state index contributed by atoms with van der Waals surface area (Å²) in [5.41, 5.74) is 2.55. The molecule has 0 atom stereocenters. The van der Waals surface area contributed by atoms with Crippen molar-refractivity contribution >= 4 is 33.4 Å². The van der Waals surface area contributed by atoms with Crippen LogP contribution < -0.4 is 10.6 Å². The highest BCUT2D eigenvalue weighted by Gasteiger charge is 2.22. The Kier molecular flexibility index (Phi) is 30.4. The maximum absolute atomic E-state index is 13.6. The fraction of sp³-hybridized carbons (Fsp3) is 0.625. The molecule has 4 N–H and O–H groups in total. The Morgan fingerprint density at radius 2 is 0.657 bits per heavy atom. The molecule has 388 valence electrons. The molecule has 0 aliphatic carbocycles. The second kappa shape index (κ2) is 36.6. The molecule has 0 fully saturated rings. The molecule has 4 aromatic rings. The Balaban J connectivity index is 1.18. The quantitative estimate of drug-likeness (QED) is 0.0263. The normalized spacial score (nSPS) is 11.5. The summed E-state index contributed by atoms with van der Waals surface area (Å²) in [4.78, 5) is 27.2. The first-order chi connectivity index (χ1) is 34.3. The summed E-state index contributed by atoms with van der Waals surface area (Å²) in [6.07, 6.45) is 45.2. The minimum Gasteiger partial charge on any atom is -0.507 e. The van der Waals surface area contributed by atoms with Gasteiger partial charge >= 0.3 is 0 Å². The van der Waals surface area contributed by atoms with E-state index in [1.54, 1.807) is 12.1 Å². The summed E-state index contributed by atoms with van der Waals surface area (Å²) in [7, 11) is 0. The molecule has 70 heavy (non-hydrogen) atoms. The van der Waals surface area contributed by atoms with Gasteiger partial charge in [0, 0.05) is 24.2 Å². The number of hydrogen-bond donors (Lipinski definition) is 4. The smallest absolute Gasteiger partial charge is 0.255 e. The molecule has 0 bridgehead atoms. The number of allylic oxidation sites excluding steroid dienone is 1. The van der Waals surface area contributed by atoms with Crippen LogP contribution in [0.25, 0.3) is 21.5 Å². The lowest BCUT2D eigenvalue weighted by atomic mass is 9.90. The summed E-state index contributed by atoms with van der Waals surface area (Å²) in [6.45, 7) is 10.1. The van der Waals surface area contributed by atoms with Crippen molar-refractivity contribution in [2.75, 3.05) is 13.1 Å². The lowest BCUT2D eigenvalue weighted by Crippen LogP contribution is -2.25. The second-order valence-electron chi connectivity index (χ2n) is 20.9. The zero-order chi connectivity index (χ0) is 49.9. The van der Waals surface area contributed by atoms with Crippen LogP contribution in [0.5, 0.6) is 11.5 Å². The van der Waals surface area contributed by atoms with E-state index in [1.165, 1.54) is 193 Å². The van der Waals surface area contributed by atoms with Gasteiger partial charge in [0.2, 0.25) is 0 Å². The summed E-state index contributed by atoms with van der Waals surface area (Å²) in [5.74, 6) is -0.620. The maximum Gasteiger partial charge on any atom is 0.255 e. The van der Waals surface area contributed by atoms with Gasteiger partial charge in [0.15, 0.2) is 0 Å². The Labute approximate surface area is 426 Å². The van der Waals surface area contributed by atoms with Gasteiger partial charge in [0.1, 0.15) is 11.5 Å². The van der Waals surface area contributed by atoms with E-state index in [9.17, 15) is 19.8 Å². The first kappa shape index (κ1) is 58.3. The van der Waals surface area contributed by atoms with Crippen LogP contribution in [-0.2, 0) is 12.8 Å². The number of hydrogen-bond acceptors (Lipinski definition) is 4. The summed E-state index contributed by atoms with van der Waals surface area (Å²) >= 11 is 0. The lowest BCUT2D eigenvalue weighted by molar-refractivity contribution is 0.0941. The molecule has 6 heteroatoms. The van der Waals surface area contributed by atoms with Crippen LogP contribution in [0, 0.1) is 0 Å². The first-order valence-corrected chi connectivity index (χ1v) is 29.1. The molecule has 0 radical (unpaired) electrons. The van der Waals surface area contributed by atoms with Gasteiger partial charge in [-0.25, -0.2) is 0 Å². The van der Waals surface area contributed by atoms with E-state index < -0.39 is 0 Å². The highest BCUT2D eigenvalue weighted by atomic mass is 16.3. The zero-order valence-electron chi connectivity index (χ0n) is 44.6. The van der Waals surface area contributed by atoms with Crippen molar-refractivity contribution in [3.8, 4) is 11.5 Å². The lowest BCUT2D eigenvalue weighted by Gasteiger charge is -2.17. The van der Waals surface area contributed by atoms with Crippen molar-refractivity contribution in [2.45, 2.75) is 245 Å². The van der Waals surface area contributed by atoms with E-state index in [0.717, 1.165) is 52.8 Å². The SMILES string of the molecule is C=C(Cc1c(O)c(C(=O)NCCCCCCCCCCCCCCCCCCC)cc2ccccc12)Cc1c(O)c(C(=O)NCCCCCCCCCCCCCCCCCCC)cc2ccccc12. The highest BCUT2D eigenvalue weighted by molar-refractivity contribution is 6.04. The van der Waals surface area contributed by atoms with Gasteiger partial charge in [0.05, 0.1) is 11.1 Å². The maximum atomic E-state index is 13.6. The summed E-state index contributed by atoms with van der Waals surface area (Å²) in [5, 5.41) is 33.0. The van der Waals surface area contributed by atoms with E-state index in [2.05, 4.69) is 31.1 Å². The molecular weight excluding hydrogens is 861 g/mol. The number of nitrogens with one attached hydrogen (secondary N) is 2. The number of unbranched alkanes of at least 4 members (excludes halogenated alkanes) is 32. The van der Waals surface area contributed by atoms with Gasteiger partial charge in [0.25, 0.3) is 11.8 Å². The summed E-state index contributed by atoms with van der Waals surface area (Å²) < 4.78 is 0. The molecule has 2 amide bonds. The molecule has 0 aliphatic heterocycles. The number of carbonyl (C=O) groups excluding carboxylic acids is 2. The molecule has 0 aromatic heterocycles. The number of rotatable bonds is 42. The molecular formula is C64H98N2O4. The van der Waals surface area contributed by atoms with Crippen molar-refractivity contribution in [1.29, 1.82) is 0 Å². The Morgan fingerprint density at radius 3 is 0.943 bits per heavy atom. The third-order valence-corrected chi connectivity index (χ3v) is 14.7. The van der Waals surface area contributed by atoms with Crippen LogP contribution in [-0.4, -0.2) is 35.1 Å². The first-order valence-electron chi connectivity index (χ1n) is 29.1. The van der Waals surface area contributed by atoms with Crippen LogP contribution >= 0.6 is 0 Å². The number of carbonyl (C=O) groups is 2. The predicted molar refractivity (Wildman–Crippen MR) is 301 cm³/mol. The van der Waals surface area contributed by atoms with Gasteiger partial charge in [-0.1, -0.05) is 280 Å². The Hall–Kier alpha value is -4.32. The van der Waals surface area contributed by atoms with Crippen molar-refractivity contribution < 1.29 is 19.8 Å². The summed E-state index contributed by atoms with van der Waals surface area (Å²) in [6, 6.07) is 19.2. The van der Waals surface area contributed by atoms with E-state index >= 15 is 0 Å².